The van der Waals surface area contributed by atoms with Gasteiger partial charge >= 0.3 is 0 Å². The maximum atomic E-state index is 13.7. The number of rotatable bonds is 6. The van der Waals surface area contributed by atoms with E-state index in [4.69, 9.17) is 5.26 Å². The number of amides is 1. The first-order chi connectivity index (χ1) is 16.0. The molecule has 170 valence electrons. The molecule has 2 aromatic rings. The lowest BCUT2D eigenvalue weighted by molar-refractivity contribution is -0.287. The average Bonchev–Trinajstić information content (AvgIpc) is 3.30. The summed E-state index contributed by atoms with van der Waals surface area (Å²) in [4.78, 5) is 17.7. The van der Waals surface area contributed by atoms with Gasteiger partial charge in [0, 0.05) is 30.9 Å². The molecule has 0 saturated heterocycles. The molecule has 9 heteroatoms. The van der Waals surface area contributed by atoms with Crippen LogP contribution in [0.2, 0.25) is 0 Å². The van der Waals surface area contributed by atoms with Gasteiger partial charge in [-0.25, -0.2) is 4.98 Å². The van der Waals surface area contributed by atoms with Crippen molar-refractivity contribution in [2.24, 2.45) is 23.2 Å². The Hall–Kier alpha value is -2.67. The van der Waals surface area contributed by atoms with Gasteiger partial charge in [0.25, 0.3) is 5.91 Å². The largest absolute Gasteiger partial charge is 0.396 e. The van der Waals surface area contributed by atoms with Crippen LogP contribution in [0.15, 0.2) is 23.1 Å². The van der Waals surface area contributed by atoms with Gasteiger partial charge in [0.05, 0.1) is 10.6 Å². The number of anilines is 1. The number of nitrogens with zero attached hydrogens (tertiary/aromatic N) is 3. The predicted molar refractivity (Wildman–Crippen MR) is 122 cm³/mol. The highest BCUT2D eigenvalue weighted by molar-refractivity contribution is 7.97. The molecule has 1 amide bonds. The standard InChI is InChI=1S/C24H24FN5O2S/c1-12-21(23(32)28-14-8-15(10-26)27-19(25)9-14)30-6-2-3-18(30)22(12)33-29-20-16-4-5-24(16)13(11-31)7-17(20)24/h2-3,8-9,13,16-17,20,29,31H,4-7,11H2,1H3,(H,27,28,32). The Bertz CT molecular complexity index is 1240. The van der Waals surface area contributed by atoms with Crippen LogP contribution in [-0.2, 0) is 6.54 Å². The smallest absolute Gasteiger partial charge is 0.272 e. The number of aromatic nitrogens is 2. The summed E-state index contributed by atoms with van der Waals surface area (Å²) in [6.07, 6.45) is 7.62. The second kappa shape index (κ2) is 7.42. The third-order valence-electron chi connectivity index (χ3n) is 8.39. The van der Waals surface area contributed by atoms with Crippen molar-refractivity contribution in [3.8, 4) is 6.07 Å². The normalized spacial score (nSPS) is 30.2. The third kappa shape index (κ3) is 2.81. The molecule has 1 spiro atoms. The lowest BCUT2D eigenvalue weighted by Crippen LogP contribution is -2.79. The molecule has 0 aromatic carbocycles. The van der Waals surface area contributed by atoms with Crippen LogP contribution in [0.4, 0.5) is 10.1 Å². The molecule has 5 unspecified atom stereocenters. The molecular weight excluding hydrogens is 441 g/mol. The molecule has 2 aromatic heterocycles. The van der Waals surface area contributed by atoms with Crippen LogP contribution < -0.4 is 10.0 Å². The number of hydrogen-bond donors (Lipinski definition) is 3. The van der Waals surface area contributed by atoms with E-state index >= 15 is 0 Å². The molecule has 4 aliphatic rings. The van der Waals surface area contributed by atoms with Crippen molar-refractivity contribution in [1.82, 2.24) is 14.3 Å². The van der Waals surface area contributed by atoms with Crippen LogP contribution in [0, 0.1) is 47.4 Å². The molecule has 6 rings (SSSR count). The van der Waals surface area contributed by atoms with E-state index in [9.17, 15) is 14.3 Å². The fraction of sp³-hybridized carbons (Fsp3) is 0.458. The number of pyridine rings is 1. The third-order valence-corrected chi connectivity index (χ3v) is 9.50. The van der Waals surface area contributed by atoms with Crippen LogP contribution in [0.1, 0.15) is 46.7 Å². The van der Waals surface area contributed by atoms with Gasteiger partial charge in [-0.15, -0.1) is 0 Å². The minimum Gasteiger partial charge on any atom is -0.396 e. The number of aliphatic hydroxyl groups is 1. The van der Waals surface area contributed by atoms with E-state index in [1.807, 2.05) is 23.6 Å². The van der Waals surface area contributed by atoms with Crippen LogP contribution in [0.5, 0.6) is 0 Å². The van der Waals surface area contributed by atoms with E-state index in [1.165, 1.54) is 18.9 Å². The molecule has 33 heavy (non-hydrogen) atoms. The Morgan fingerprint density at radius 2 is 2.30 bits per heavy atom. The number of allylic oxidation sites excluding steroid dienone is 1. The number of nitriles is 1. The van der Waals surface area contributed by atoms with E-state index in [-0.39, 0.29) is 17.3 Å². The summed E-state index contributed by atoms with van der Waals surface area (Å²) < 4.78 is 19.4. The summed E-state index contributed by atoms with van der Waals surface area (Å²) in [6, 6.07) is 4.72. The van der Waals surface area contributed by atoms with Gasteiger partial charge in [-0.2, -0.15) is 9.65 Å². The highest BCUT2D eigenvalue weighted by Gasteiger charge is 2.75. The van der Waals surface area contributed by atoms with Crippen LogP contribution >= 0.6 is 11.9 Å². The van der Waals surface area contributed by atoms with Crippen molar-refractivity contribution in [3.05, 3.63) is 46.8 Å². The summed E-state index contributed by atoms with van der Waals surface area (Å²) >= 11 is 1.60. The van der Waals surface area contributed by atoms with Gasteiger partial charge in [0.15, 0.2) is 0 Å². The molecule has 3 fully saturated rings. The maximum absolute atomic E-state index is 13.7. The SMILES string of the molecule is Cc1c(SNC2C3CCC34C(CO)CC24)c2n(c1C(=O)Nc1cc(F)nc(C#N)c1)CC=C2. The van der Waals surface area contributed by atoms with E-state index in [1.54, 1.807) is 18.0 Å². The average molecular weight is 466 g/mol. The second-order valence-electron chi connectivity index (χ2n) is 9.56. The molecule has 3 saturated carbocycles. The van der Waals surface area contributed by atoms with Gasteiger partial charge in [-0.1, -0.05) is 6.08 Å². The molecule has 3 N–H and O–H groups in total. The van der Waals surface area contributed by atoms with Gasteiger partial charge in [0.1, 0.15) is 17.5 Å². The Labute approximate surface area is 195 Å². The zero-order valence-electron chi connectivity index (χ0n) is 18.1. The summed E-state index contributed by atoms with van der Waals surface area (Å²) in [6.45, 7) is 2.84. The second-order valence-corrected chi connectivity index (χ2v) is 10.4. The van der Waals surface area contributed by atoms with Crippen molar-refractivity contribution >= 4 is 29.6 Å². The summed E-state index contributed by atoms with van der Waals surface area (Å²) in [5.74, 6) is 0.612. The highest BCUT2D eigenvalue weighted by Crippen LogP contribution is 2.77. The van der Waals surface area contributed by atoms with E-state index in [0.717, 1.165) is 28.6 Å². The number of nitrogens with one attached hydrogen (secondary N) is 2. The quantitative estimate of drug-likeness (QED) is 0.446. The van der Waals surface area contributed by atoms with Crippen LogP contribution in [0.3, 0.4) is 0 Å². The Balaban J connectivity index is 1.21. The van der Waals surface area contributed by atoms with Crippen molar-refractivity contribution < 1.29 is 14.3 Å². The molecule has 7 nitrogen and oxygen atoms in total. The highest BCUT2D eigenvalue weighted by atomic mass is 32.2. The Morgan fingerprint density at radius 1 is 1.45 bits per heavy atom. The zero-order chi connectivity index (χ0) is 22.9. The predicted octanol–water partition coefficient (Wildman–Crippen LogP) is 3.49. The Kier molecular flexibility index (Phi) is 4.70. The van der Waals surface area contributed by atoms with Gasteiger partial charge < -0.3 is 15.0 Å². The maximum Gasteiger partial charge on any atom is 0.272 e. The van der Waals surface area contributed by atoms with Gasteiger partial charge in [-0.3, -0.25) is 9.52 Å². The number of fused-ring (bicyclic) bond motifs is 1. The fourth-order valence-corrected chi connectivity index (χ4v) is 7.92. The number of hydrogen-bond acceptors (Lipinski definition) is 6. The summed E-state index contributed by atoms with van der Waals surface area (Å²) in [5.41, 5.74) is 2.91. The first-order valence-corrected chi connectivity index (χ1v) is 12.1. The van der Waals surface area contributed by atoms with E-state index in [0.29, 0.717) is 48.1 Å². The topological polar surface area (TPSA) is 103 Å². The number of aliphatic hydroxyl groups excluding tert-OH is 1. The fourth-order valence-electron chi connectivity index (χ4n) is 6.80. The first kappa shape index (κ1) is 20.9. The lowest BCUT2D eigenvalue weighted by Gasteiger charge is -2.78. The molecule has 5 atom stereocenters. The van der Waals surface area contributed by atoms with Crippen molar-refractivity contribution in [3.63, 3.8) is 0 Å². The minimum atomic E-state index is -0.810. The molecule has 3 heterocycles. The minimum absolute atomic E-state index is 0.0866. The van der Waals surface area contributed by atoms with E-state index in [2.05, 4.69) is 15.0 Å². The van der Waals surface area contributed by atoms with E-state index < -0.39 is 5.95 Å². The molecule has 0 radical (unpaired) electrons. The molecule has 3 aliphatic carbocycles. The number of carbonyl (C=O) groups excluding carboxylic acids is 1. The lowest BCUT2D eigenvalue weighted by atomic mass is 9.28. The first-order valence-electron chi connectivity index (χ1n) is 11.3. The van der Waals surface area contributed by atoms with Crippen LogP contribution in [-0.4, -0.2) is 33.2 Å². The molecule has 1 aliphatic heterocycles. The summed E-state index contributed by atoms with van der Waals surface area (Å²) in [5, 5.41) is 21.4. The number of halogens is 1. The molecule has 0 bridgehead atoms. The van der Waals surface area contributed by atoms with Gasteiger partial charge in [-0.05, 0) is 79.0 Å². The summed E-state index contributed by atoms with van der Waals surface area (Å²) in [7, 11) is 0. The molecular formula is C24H24FN5O2S. The van der Waals surface area contributed by atoms with Crippen LogP contribution in [0.25, 0.3) is 6.08 Å². The van der Waals surface area contributed by atoms with Crippen molar-refractivity contribution in [2.45, 2.75) is 43.7 Å². The van der Waals surface area contributed by atoms with Crippen molar-refractivity contribution in [1.29, 1.82) is 5.26 Å². The monoisotopic (exact) mass is 465 g/mol. The Morgan fingerprint density at radius 3 is 3.00 bits per heavy atom. The van der Waals surface area contributed by atoms with Gasteiger partial charge in [0.2, 0.25) is 5.95 Å². The van der Waals surface area contributed by atoms with Crippen molar-refractivity contribution in [2.75, 3.05) is 11.9 Å². The number of carbonyl (C=O) groups is 1. The zero-order valence-corrected chi connectivity index (χ0v) is 19.0.